The molecule has 0 saturated heterocycles. The van der Waals surface area contributed by atoms with Gasteiger partial charge in [-0.1, -0.05) is 42.1 Å². The second-order valence-corrected chi connectivity index (χ2v) is 4.93. The van der Waals surface area contributed by atoms with Crippen LogP contribution >= 0.6 is 11.8 Å². The number of allylic oxidation sites excluding steroid dienone is 2. The predicted octanol–water partition coefficient (Wildman–Crippen LogP) is 3.66. The third kappa shape index (κ3) is 3.24. The highest BCUT2D eigenvalue weighted by Gasteiger charge is 2.15. The maximum atomic E-state index is 11.7. The molecule has 0 aromatic heterocycles. The van der Waals surface area contributed by atoms with E-state index in [9.17, 15) is 4.79 Å². The largest absolute Gasteiger partial charge is 0.287 e. The molecule has 1 aliphatic carbocycles. The summed E-state index contributed by atoms with van der Waals surface area (Å²) in [4.78, 5) is 12.8. The van der Waals surface area contributed by atoms with Gasteiger partial charge in [-0.15, -0.1) is 0 Å². The Morgan fingerprint density at radius 3 is 2.53 bits per heavy atom. The Kier molecular flexibility index (Phi) is 3.62. The summed E-state index contributed by atoms with van der Waals surface area (Å²) < 4.78 is 0. The average molecular weight is 218 g/mol. The van der Waals surface area contributed by atoms with E-state index in [4.69, 9.17) is 0 Å². The van der Waals surface area contributed by atoms with E-state index in [-0.39, 0.29) is 5.12 Å². The Hall–Kier alpha value is -1.02. The van der Waals surface area contributed by atoms with Crippen LogP contribution in [0.5, 0.6) is 0 Å². The molecule has 0 radical (unpaired) electrons. The third-order valence-electron chi connectivity index (χ3n) is 2.54. The lowest BCUT2D eigenvalue weighted by Crippen LogP contribution is -2.01. The first kappa shape index (κ1) is 10.5. The molecule has 0 saturated carbocycles. The van der Waals surface area contributed by atoms with Crippen LogP contribution in [0, 0.1) is 5.92 Å². The Morgan fingerprint density at radius 2 is 1.87 bits per heavy atom. The van der Waals surface area contributed by atoms with Crippen LogP contribution < -0.4 is 0 Å². The molecule has 0 N–H and O–H groups in total. The molecule has 0 atom stereocenters. The van der Waals surface area contributed by atoms with E-state index in [0.29, 0.717) is 12.3 Å². The van der Waals surface area contributed by atoms with Gasteiger partial charge in [0.2, 0.25) is 0 Å². The van der Waals surface area contributed by atoms with Gasteiger partial charge in [0.1, 0.15) is 0 Å². The first-order valence-electron chi connectivity index (χ1n) is 5.25. The Balaban J connectivity index is 1.82. The topological polar surface area (TPSA) is 17.1 Å². The lowest BCUT2D eigenvalue weighted by atomic mass is 10.0. The molecule has 1 nitrogen and oxygen atoms in total. The van der Waals surface area contributed by atoms with Gasteiger partial charge in [0.25, 0.3) is 0 Å². The molecule has 1 aromatic carbocycles. The minimum atomic E-state index is 0.287. The van der Waals surface area contributed by atoms with Crippen molar-refractivity contribution in [1.82, 2.24) is 0 Å². The maximum Gasteiger partial charge on any atom is 0.193 e. The molecule has 0 unspecified atom stereocenters. The normalized spacial score (nSPS) is 15.7. The van der Waals surface area contributed by atoms with Crippen molar-refractivity contribution in [3.05, 3.63) is 42.5 Å². The molecule has 0 fully saturated rings. The summed E-state index contributed by atoms with van der Waals surface area (Å²) in [5.41, 5.74) is 0. The molecule has 78 valence electrons. The first-order valence-corrected chi connectivity index (χ1v) is 6.07. The molecule has 0 bridgehead atoms. The van der Waals surface area contributed by atoms with Crippen molar-refractivity contribution in [3.63, 3.8) is 0 Å². The molecule has 2 rings (SSSR count). The first-order chi connectivity index (χ1) is 7.34. The van der Waals surface area contributed by atoms with Gasteiger partial charge in [-0.3, -0.25) is 4.79 Å². The summed E-state index contributed by atoms with van der Waals surface area (Å²) in [5.74, 6) is 0.550. The van der Waals surface area contributed by atoms with Gasteiger partial charge in [0.05, 0.1) is 0 Å². The summed E-state index contributed by atoms with van der Waals surface area (Å²) in [6.45, 7) is 0. The van der Waals surface area contributed by atoms with Crippen molar-refractivity contribution in [2.45, 2.75) is 24.2 Å². The number of carbonyl (C=O) groups excluding carboxylic acids is 1. The van der Waals surface area contributed by atoms with Crippen LogP contribution in [0.15, 0.2) is 47.4 Å². The van der Waals surface area contributed by atoms with E-state index in [2.05, 4.69) is 12.2 Å². The van der Waals surface area contributed by atoms with Crippen LogP contribution in [-0.2, 0) is 4.79 Å². The zero-order chi connectivity index (χ0) is 10.5. The zero-order valence-electron chi connectivity index (χ0n) is 8.56. The van der Waals surface area contributed by atoms with Crippen molar-refractivity contribution in [1.29, 1.82) is 0 Å². The molecular formula is C13H14OS. The summed E-state index contributed by atoms with van der Waals surface area (Å²) in [5, 5.41) is 0.287. The van der Waals surface area contributed by atoms with E-state index in [1.54, 1.807) is 0 Å². The van der Waals surface area contributed by atoms with E-state index >= 15 is 0 Å². The molecule has 1 aromatic rings. The fraction of sp³-hybridized carbons (Fsp3) is 0.308. The van der Waals surface area contributed by atoms with Crippen molar-refractivity contribution < 1.29 is 4.79 Å². The van der Waals surface area contributed by atoms with Crippen molar-refractivity contribution in [2.75, 3.05) is 0 Å². The minimum Gasteiger partial charge on any atom is -0.287 e. The van der Waals surface area contributed by atoms with Crippen LogP contribution in [-0.4, -0.2) is 5.12 Å². The lowest BCUT2D eigenvalue weighted by Gasteiger charge is -2.06. The summed E-state index contributed by atoms with van der Waals surface area (Å²) in [6.07, 6.45) is 7.19. The van der Waals surface area contributed by atoms with Gasteiger partial charge < -0.3 is 0 Å². The number of rotatable bonds is 3. The van der Waals surface area contributed by atoms with Crippen LogP contribution in [0.1, 0.15) is 19.3 Å². The number of carbonyl (C=O) groups is 1. The molecule has 1 aliphatic rings. The number of benzene rings is 1. The smallest absolute Gasteiger partial charge is 0.193 e. The van der Waals surface area contributed by atoms with Crippen LogP contribution in [0.25, 0.3) is 0 Å². The van der Waals surface area contributed by atoms with Crippen LogP contribution in [0.2, 0.25) is 0 Å². The monoisotopic (exact) mass is 218 g/mol. The van der Waals surface area contributed by atoms with E-state index in [1.807, 2.05) is 30.3 Å². The quantitative estimate of drug-likeness (QED) is 0.569. The highest BCUT2D eigenvalue weighted by atomic mass is 32.2. The minimum absolute atomic E-state index is 0.287. The lowest BCUT2D eigenvalue weighted by molar-refractivity contribution is -0.111. The molecule has 0 spiro atoms. The average Bonchev–Trinajstić information content (AvgIpc) is 2.71. The standard InChI is InChI=1S/C13H14OS/c14-13(10-11-6-4-5-7-11)15-12-8-2-1-3-9-12/h1-5,8-9,11H,6-7,10H2. The fourth-order valence-electron chi connectivity index (χ4n) is 1.74. The van der Waals surface area contributed by atoms with E-state index in [1.165, 1.54) is 11.8 Å². The zero-order valence-corrected chi connectivity index (χ0v) is 9.37. The predicted molar refractivity (Wildman–Crippen MR) is 63.8 cm³/mol. The SMILES string of the molecule is O=C(CC1CC=CC1)Sc1ccccc1. The van der Waals surface area contributed by atoms with E-state index < -0.39 is 0 Å². The Morgan fingerprint density at radius 1 is 1.20 bits per heavy atom. The summed E-state index contributed by atoms with van der Waals surface area (Å²) in [7, 11) is 0. The molecule has 0 heterocycles. The second kappa shape index (κ2) is 5.17. The van der Waals surface area contributed by atoms with Gasteiger partial charge >= 0.3 is 0 Å². The van der Waals surface area contributed by atoms with Gasteiger partial charge in [-0.2, -0.15) is 0 Å². The molecular weight excluding hydrogens is 204 g/mol. The molecule has 0 amide bonds. The number of thioether (sulfide) groups is 1. The number of hydrogen-bond donors (Lipinski definition) is 0. The van der Waals surface area contributed by atoms with E-state index in [0.717, 1.165) is 17.7 Å². The van der Waals surface area contributed by atoms with Crippen molar-refractivity contribution in [2.24, 2.45) is 5.92 Å². The van der Waals surface area contributed by atoms with Crippen LogP contribution in [0.3, 0.4) is 0 Å². The Labute approximate surface area is 94.6 Å². The third-order valence-corrected chi connectivity index (χ3v) is 3.44. The van der Waals surface area contributed by atoms with Crippen molar-refractivity contribution in [3.8, 4) is 0 Å². The number of hydrogen-bond acceptors (Lipinski definition) is 2. The van der Waals surface area contributed by atoms with Gasteiger partial charge in [0, 0.05) is 11.3 Å². The van der Waals surface area contributed by atoms with Crippen LogP contribution in [0.4, 0.5) is 0 Å². The van der Waals surface area contributed by atoms with Gasteiger partial charge in [-0.05, 0) is 30.9 Å². The maximum absolute atomic E-state index is 11.7. The molecule has 2 heteroatoms. The van der Waals surface area contributed by atoms with Gasteiger partial charge in [0.15, 0.2) is 5.12 Å². The second-order valence-electron chi connectivity index (χ2n) is 3.80. The molecule has 0 aliphatic heterocycles. The molecule has 15 heavy (non-hydrogen) atoms. The highest BCUT2D eigenvalue weighted by molar-refractivity contribution is 8.13. The Bertz CT molecular complexity index is 348. The summed E-state index contributed by atoms with van der Waals surface area (Å²) in [6, 6.07) is 9.86. The highest BCUT2D eigenvalue weighted by Crippen LogP contribution is 2.27. The summed E-state index contributed by atoms with van der Waals surface area (Å²) >= 11 is 1.36. The fourth-order valence-corrected chi connectivity index (χ4v) is 2.61. The van der Waals surface area contributed by atoms with Gasteiger partial charge in [-0.25, -0.2) is 0 Å². The van der Waals surface area contributed by atoms with Crippen molar-refractivity contribution >= 4 is 16.9 Å².